The molecule has 4 heteroatoms. The number of ether oxygens (including phenoxy) is 2. The fraction of sp³-hybridized carbons (Fsp3) is 0.750. The average Bonchev–Trinajstić information content (AvgIpc) is 2.16. The van der Waals surface area contributed by atoms with Crippen molar-refractivity contribution in [3.8, 4) is 11.8 Å². The number of nitrogens with zero attached hydrogens (tertiary/aromatic N) is 1. The zero-order valence-corrected chi connectivity index (χ0v) is 10.2. The maximum Gasteiger partial charge on any atom is 0.304 e. The molecular formula is C12H19NO3. The Balaban J connectivity index is 2.37. The molecule has 1 aliphatic rings. The SMILES string of the molecule is CC(=O)OC(C)(C)C#CCN1CCOCC1. The van der Waals surface area contributed by atoms with Gasteiger partial charge >= 0.3 is 5.97 Å². The van der Waals surface area contributed by atoms with Crippen molar-refractivity contribution in [2.24, 2.45) is 0 Å². The van der Waals surface area contributed by atoms with Gasteiger partial charge in [-0.3, -0.25) is 9.69 Å². The van der Waals surface area contributed by atoms with Crippen LogP contribution < -0.4 is 0 Å². The molecule has 0 aromatic rings. The third kappa shape index (κ3) is 5.15. The number of hydrogen-bond acceptors (Lipinski definition) is 4. The van der Waals surface area contributed by atoms with E-state index in [1.54, 1.807) is 13.8 Å². The van der Waals surface area contributed by atoms with E-state index in [1.165, 1.54) is 6.92 Å². The van der Waals surface area contributed by atoms with E-state index < -0.39 is 5.60 Å². The summed E-state index contributed by atoms with van der Waals surface area (Å²) < 4.78 is 10.3. The first-order valence-electron chi connectivity index (χ1n) is 5.49. The Kier molecular flexibility index (Phi) is 4.78. The maximum atomic E-state index is 10.8. The smallest absolute Gasteiger partial charge is 0.304 e. The summed E-state index contributed by atoms with van der Waals surface area (Å²) >= 11 is 0. The van der Waals surface area contributed by atoms with Gasteiger partial charge in [-0.15, -0.1) is 0 Å². The van der Waals surface area contributed by atoms with Crippen LogP contribution >= 0.6 is 0 Å². The van der Waals surface area contributed by atoms with Gasteiger partial charge in [0.2, 0.25) is 0 Å². The lowest BCUT2D eigenvalue weighted by Gasteiger charge is -2.24. The molecule has 0 radical (unpaired) electrons. The molecule has 0 aromatic heterocycles. The van der Waals surface area contributed by atoms with Crippen molar-refractivity contribution >= 4 is 5.97 Å². The molecule has 1 heterocycles. The molecule has 16 heavy (non-hydrogen) atoms. The van der Waals surface area contributed by atoms with Crippen molar-refractivity contribution in [1.29, 1.82) is 0 Å². The molecule has 4 nitrogen and oxygen atoms in total. The molecule has 0 N–H and O–H groups in total. The van der Waals surface area contributed by atoms with E-state index in [4.69, 9.17) is 9.47 Å². The lowest BCUT2D eigenvalue weighted by molar-refractivity contribution is -0.148. The van der Waals surface area contributed by atoms with Crippen molar-refractivity contribution in [2.45, 2.75) is 26.4 Å². The van der Waals surface area contributed by atoms with Crippen LogP contribution in [-0.4, -0.2) is 49.3 Å². The van der Waals surface area contributed by atoms with Gasteiger partial charge in [0.05, 0.1) is 19.8 Å². The average molecular weight is 225 g/mol. The molecule has 0 atom stereocenters. The summed E-state index contributed by atoms with van der Waals surface area (Å²) in [7, 11) is 0. The minimum Gasteiger partial charge on any atom is -0.447 e. The van der Waals surface area contributed by atoms with Gasteiger partial charge in [0, 0.05) is 20.0 Å². The molecular weight excluding hydrogens is 206 g/mol. The van der Waals surface area contributed by atoms with Crippen LogP contribution in [0.1, 0.15) is 20.8 Å². The maximum absolute atomic E-state index is 10.8. The summed E-state index contributed by atoms with van der Waals surface area (Å²) in [6.07, 6.45) is 0. The molecule has 0 spiro atoms. The summed E-state index contributed by atoms with van der Waals surface area (Å²) in [5.41, 5.74) is -0.696. The Morgan fingerprint density at radius 2 is 2.06 bits per heavy atom. The van der Waals surface area contributed by atoms with Gasteiger partial charge in [0.1, 0.15) is 0 Å². The van der Waals surface area contributed by atoms with Gasteiger partial charge in [-0.2, -0.15) is 0 Å². The second-order valence-electron chi connectivity index (χ2n) is 4.29. The normalized spacial score (nSPS) is 17.4. The number of hydrogen-bond donors (Lipinski definition) is 0. The van der Waals surface area contributed by atoms with Crippen molar-refractivity contribution in [2.75, 3.05) is 32.8 Å². The van der Waals surface area contributed by atoms with Crippen LogP contribution in [0.5, 0.6) is 0 Å². The van der Waals surface area contributed by atoms with Gasteiger partial charge < -0.3 is 9.47 Å². The topological polar surface area (TPSA) is 38.8 Å². The van der Waals surface area contributed by atoms with E-state index in [9.17, 15) is 4.79 Å². The lowest BCUT2D eigenvalue weighted by atomic mass is 10.1. The zero-order valence-electron chi connectivity index (χ0n) is 10.2. The lowest BCUT2D eigenvalue weighted by Crippen LogP contribution is -2.36. The van der Waals surface area contributed by atoms with Crippen LogP contribution in [0.3, 0.4) is 0 Å². The Hall–Kier alpha value is -1.05. The van der Waals surface area contributed by atoms with Crippen LogP contribution in [0.25, 0.3) is 0 Å². The molecule has 0 aromatic carbocycles. The van der Waals surface area contributed by atoms with Gasteiger partial charge in [-0.1, -0.05) is 11.8 Å². The van der Waals surface area contributed by atoms with Crippen LogP contribution in [0.4, 0.5) is 0 Å². The summed E-state index contributed by atoms with van der Waals surface area (Å²) in [5.74, 6) is 5.71. The van der Waals surface area contributed by atoms with E-state index in [0.717, 1.165) is 26.3 Å². The van der Waals surface area contributed by atoms with E-state index in [1.807, 2.05) is 0 Å². The van der Waals surface area contributed by atoms with Crippen molar-refractivity contribution in [3.05, 3.63) is 0 Å². The summed E-state index contributed by atoms with van der Waals surface area (Å²) in [6.45, 7) is 9.07. The number of carbonyl (C=O) groups excluding carboxylic acids is 1. The third-order valence-corrected chi connectivity index (χ3v) is 2.19. The number of rotatable bonds is 2. The van der Waals surface area contributed by atoms with Crippen LogP contribution in [-0.2, 0) is 14.3 Å². The molecule has 90 valence electrons. The minimum atomic E-state index is -0.696. The molecule has 0 saturated carbocycles. The monoisotopic (exact) mass is 225 g/mol. The number of esters is 1. The molecule has 0 bridgehead atoms. The Labute approximate surface area is 96.9 Å². The molecule has 0 aliphatic carbocycles. The number of morpholine rings is 1. The molecule has 1 rings (SSSR count). The molecule has 1 saturated heterocycles. The van der Waals surface area contributed by atoms with Crippen molar-refractivity contribution < 1.29 is 14.3 Å². The van der Waals surface area contributed by atoms with Gasteiger partial charge in [-0.25, -0.2) is 0 Å². The number of carbonyl (C=O) groups is 1. The van der Waals surface area contributed by atoms with E-state index in [0.29, 0.717) is 6.54 Å². The van der Waals surface area contributed by atoms with Crippen LogP contribution in [0.2, 0.25) is 0 Å². The van der Waals surface area contributed by atoms with Gasteiger partial charge in [0.15, 0.2) is 5.60 Å². The van der Waals surface area contributed by atoms with Crippen molar-refractivity contribution in [3.63, 3.8) is 0 Å². The van der Waals surface area contributed by atoms with E-state index in [-0.39, 0.29) is 5.97 Å². The summed E-state index contributed by atoms with van der Waals surface area (Å²) in [6, 6.07) is 0. The highest BCUT2D eigenvalue weighted by Crippen LogP contribution is 2.07. The first-order valence-corrected chi connectivity index (χ1v) is 5.49. The van der Waals surface area contributed by atoms with E-state index >= 15 is 0 Å². The van der Waals surface area contributed by atoms with Crippen LogP contribution in [0.15, 0.2) is 0 Å². The third-order valence-electron chi connectivity index (χ3n) is 2.19. The summed E-state index contributed by atoms with van der Waals surface area (Å²) in [5, 5.41) is 0. The second kappa shape index (κ2) is 5.88. The quantitative estimate of drug-likeness (QED) is 0.511. The Morgan fingerprint density at radius 1 is 1.44 bits per heavy atom. The molecule has 1 fully saturated rings. The molecule has 1 aliphatic heterocycles. The summed E-state index contributed by atoms with van der Waals surface area (Å²) in [4.78, 5) is 13.0. The largest absolute Gasteiger partial charge is 0.447 e. The van der Waals surface area contributed by atoms with Gasteiger partial charge in [-0.05, 0) is 13.8 Å². The fourth-order valence-corrected chi connectivity index (χ4v) is 1.51. The zero-order chi connectivity index (χ0) is 12.0. The second-order valence-corrected chi connectivity index (χ2v) is 4.29. The van der Waals surface area contributed by atoms with Crippen LogP contribution in [0, 0.1) is 11.8 Å². The fourth-order valence-electron chi connectivity index (χ4n) is 1.51. The highest BCUT2D eigenvalue weighted by Gasteiger charge is 2.17. The van der Waals surface area contributed by atoms with Gasteiger partial charge in [0.25, 0.3) is 0 Å². The standard InChI is InChI=1S/C12H19NO3/c1-11(14)16-12(2,3)5-4-6-13-7-9-15-10-8-13/h6-10H2,1-3H3. The van der Waals surface area contributed by atoms with E-state index in [2.05, 4.69) is 16.7 Å². The first-order chi connectivity index (χ1) is 7.49. The Bertz CT molecular complexity index is 295. The molecule has 0 unspecified atom stereocenters. The highest BCUT2D eigenvalue weighted by molar-refractivity contribution is 5.66. The van der Waals surface area contributed by atoms with Crippen molar-refractivity contribution in [1.82, 2.24) is 4.90 Å². The first kappa shape index (κ1) is 13.0. The molecule has 0 amide bonds. The predicted molar refractivity (Wildman–Crippen MR) is 60.9 cm³/mol. The Morgan fingerprint density at radius 3 is 2.62 bits per heavy atom. The minimum absolute atomic E-state index is 0.300. The highest BCUT2D eigenvalue weighted by atomic mass is 16.6. The predicted octanol–water partition coefficient (Wildman–Crippen LogP) is 0.664.